The van der Waals surface area contributed by atoms with Crippen LogP contribution in [0.1, 0.15) is 12.5 Å². The van der Waals surface area contributed by atoms with Gasteiger partial charge in [0.2, 0.25) is 5.91 Å². The first kappa shape index (κ1) is 42.9. The highest BCUT2D eigenvalue weighted by Crippen LogP contribution is 2.31. The molecule has 65 heavy (non-hydrogen) atoms. The maximum atomic E-state index is 14.2. The third-order valence-corrected chi connectivity index (χ3v) is 10.1. The van der Waals surface area contributed by atoms with Gasteiger partial charge in [-0.3, -0.25) is 18.6 Å². The summed E-state index contributed by atoms with van der Waals surface area (Å²) in [6, 6.07) is 26.8. The number of hydrogen-bond donors (Lipinski definition) is 7. The van der Waals surface area contributed by atoms with Crippen molar-refractivity contribution in [3.63, 3.8) is 0 Å². The van der Waals surface area contributed by atoms with Crippen LogP contribution in [0, 0.1) is 11.6 Å². The molecule has 4 aromatic carbocycles. The number of urea groups is 2. The van der Waals surface area contributed by atoms with Crippen molar-refractivity contribution in [1.29, 1.82) is 0 Å². The highest BCUT2D eigenvalue weighted by Gasteiger charge is 2.18. The summed E-state index contributed by atoms with van der Waals surface area (Å²) in [6.45, 7) is 2.88. The second-order valence-electron chi connectivity index (χ2n) is 14.5. The van der Waals surface area contributed by atoms with Crippen LogP contribution in [0.5, 0.6) is 0 Å². The largest absolute Gasteiger partial charge is 0.365 e. The molecule has 9 rings (SSSR count). The first-order valence-electron chi connectivity index (χ1n) is 20.3. The Morgan fingerprint density at radius 1 is 0.600 bits per heavy atom. The number of amides is 5. The quantitative estimate of drug-likeness (QED) is 0.0639. The Balaban J connectivity index is 0.000000177. The van der Waals surface area contributed by atoms with Gasteiger partial charge in [-0.15, -0.1) is 0 Å². The normalized spacial score (nSPS) is 10.9. The van der Waals surface area contributed by atoms with E-state index in [0.29, 0.717) is 76.0 Å². The van der Waals surface area contributed by atoms with E-state index >= 15 is 0 Å². The number of halogens is 2. The van der Waals surface area contributed by atoms with Gasteiger partial charge in [0.25, 0.3) is 0 Å². The lowest BCUT2D eigenvalue weighted by molar-refractivity contribution is -0.118. The summed E-state index contributed by atoms with van der Waals surface area (Å²) in [5.41, 5.74) is 9.11. The van der Waals surface area contributed by atoms with Gasteiger partial charge >= 0.3 is 12.1 Å². The van der Waals surface area contributed by atoms with Crippen LogP contribution in [-0.2, 0) is 11.3 Å². The molecule has 328 valence electrons. The van der Waals surface area contributed by atoms with Crippen LogP contribution in [0.25, 0.3) is 55.9 Å². The Hall–Kier alpha value is -8.74. The summed E-state index contributed by atoms with van der Waals surface area (Å²) in [5, 5.41) is 19.7. The number of fused-ring (bicyclic) bond motifs is 6. The molecule has 0 atom stereocenters. The zero-order valence-corrected chi connectivity index (χ0v) is 35.3. The van der Waals surface area contributed by atoms with E-state index in [0.717, 1.165) is 28.1 Å². The summed E-state index contributed by atoms with van der Waals surface area (Å²) in [5.74, 6) is 0.273. The number of carbonyl (C=O) groups excluding carboxylic acids is 3. The number of carbonyl (C=O) groups is 3. The number of hydrogen-bond acceptors (Lipinski definition) is 10. The molecule has 5 heterocycles. The molecule has 19 heteroatoms. The molecule has 5 amide bonds. The summed E-state index contributed by atoms with van der Waals surface area (Å²) in [4.78, 5) is 56.6. The number of nitrogens with zero attached hydrogens (tertiary/aromatic N) is 7. The van der Waals surface area contributed by atoms with Crippen molar-refractivity contribution >= 4 is 74.3 Å². The van der Waals surface area contributed by atoms with Crippen molar-refractivity contribution in [1.82, 2.24) is 49.7 Å². The number of imidazole rings is 2. The number of aromatic nitrogens is 7. The third kappa shape index (κ3) is 9.68. The van der Waals surface area contributed by atoms with E-state index in [9.17, 15) is 23.2 Å². The lowest BCUT2D eigenvalue weighted by Crippen LogP contribution is -2.26. The molecule has 9 aromatic rings. The Kier molecular flexibility index (Phi) is 12.6. The van der Waals surface area contributed by atoms with E-state index < -0.39 is 0 Å². The average Bonchev–Trinajstić information content (AvgIpc) is 3.98. The lowest BCUT2D eigenvalue weighted by Gasteiger charge is -2.12. The molecule has 0 fully saturated rings. The SMILES string of the molecule is CNC(=O)Nc1ccc(-c2cnc3c(NCCNC(C)=O)nc4ccc(F)cc4n23)cc1.CNC(=O)Nc1ccc(-c2cnc3c(NCc4ccncc4)nc4ccc(F)cc4n23)cc1. The van der Waals surface area contributed by atoms with Crippen LogP contribution in [0.2, 0.25) is 0 Å². The molecule has 7 N–H and O–H groups in total. The van der Waals surface area contributed by atoms with Gasteiger partial charge in [-0.2, -0.15) is 0 Å². The zero-order chi connectivity index (χ0) is 45.5. The fraction of sp³-hybridized carbons (Fsp3) is 0.130. The fourth-order valence-corrected chi connectivity index (χ4v) is 6.99. The predicted octanol–water partition coefficient (Wildman–Crippen LogP) is 7.43. The minimum absolute atomic E-state index is 0.114. The maximum Gasteiger partial charge on any atom is 0.318 e. The molecule has 0 bridgehead atoms. The van der Waals surface area contributed by atoms with Gasteiger partial charge in [-0.25, -0.2) is 38.3 Å². The van der Waals surface area contributed by atoms with Gasteiger partial charge in [-0.1, -0.05) is 24.3 Å². The van der Waals surface area contributed by atoms with Crippen molar-refractivity contribution in [2.75, 3.05) is 48.5 Å². The summed E-state index contributed by atoms with van der Waals surface area (Å²) < 4.78 is 32.0. The smallest absolute Gasteiger partial charge is 0.318 e. The maximum absolute atomic E-state index is 14.2. The summed E-state index contributed by atoms with van der Waals surface area (Å²) >= 11 is 0. The number of rotatable bonds is 11. The standard InChI is InChI=1S/C24H20FN7O.C22H22FN7O2/c1-26-24(33)30-18-5-2-16(3-6-18)21-14-29-23-22(28-13-15-8-10-27-11-9-15)31-19-7-4-17(25)12-20(19)32(21)23;1-13(31)25-9-10-26-20-21-27-12-19(14-3-6-16(7-4-14)28-22(32)24-2)30(21)18-11-15(23)5-8-17(18)29-20/h2-12,14H,13H2,1H3,(H,28,31)(H2,26,30,33);3-8,11-12H,9-10H2,1-2H3,(H,25,31)(H,26,29)(H2,24,28,32). The Morgan fingerprint density at radius 2 is 1.08 bits per heavy atom. The van der Waals surface area contributed by atoms with Crippen molar-refractivity contribution < 1.29 is 23.2 Å². The van der Waals surface area contributed by atoms with Crippen molar-refractivity contribution in [3.8, 4) is 22.5 Å². The van der Waals surface area contributed by atoms with Crippen LogP contribution < -0.4 is 37.2 Å². The molecule has 0 saturated carbocycles. The van der Waals surface area contributed by atoms with E-state index in [-0.39, 0.29) is 29.6 Å². The second kappa shape index (κ2) is 19.1. The van der Waals surface area contributed by atoms with Gasteiger partial charge in [0.1, 0.15) is 11.6 Å². The molecule has 0 saturated heterocycles. The van der Waals surface area contributed by atoms with Gasteiger partial charge in [0.15, 0.2) is 22.9 Å². The zero-order valence-electron chi connectivity index (χ0n) is 35.3. The predicted molar refractivity (Wildman–Crippen MR) is 247 cm³/mol. The van der Waals surface area contributed by atoms with E-state index in [1.165, 1.54) is 31.2 Å². The molecule has 0 spiro atoms. The summed E-state index contributed by atoms with van der Waals surface area (Å²) in [7, 11) is 3.10. The Labute approximate surface area is 369 Å². The number of pyridine rings is 1. The van der Waals surface area contributed by atoms with E-state index in [4.69, 9.17) is 4.98 Å². The van der Waals surface area contributed by atoms with Gasteiger partial charge in [0.05, 0.1) is 45.8 Å². The third-order valence-electron chi connectivity index (χ3n) is 10.1. The average molecular weight is 877 g/mol. The lowest BCUT2D eigenvalue weighted by atomic mass is 10.1. The number of anilines is 4. The molecule has 0 aliphatic rings. The molecule has 0 aliphatic heterocycles. The monoisotopic (exact) mass is 876 g/mol. The van der Waals surface area contributed by atoms with Crippen molar-refractivity contribution in [2.45, 2.75) is 13.5 Å². The first-order valence-corrected chi connectivity index (χ1v) is 20.3. The first-order chi connectivity index (χ1) is 31.6. The molecule has 0 unspecified atom stereocenters. The van der Waals surface area contributed by atoms with Crippen LogP contribution in [0.15, 0.2) is 122 Å². The number of benzene rings is 4. The molecule has 17 nitrogen and oxygen atoms in total. The van der Waals surface area contributed by atoms with Crippen molar-refractivity contribution in [3.05, 3.63) is 139 Å². The van der Waals surface area contributed by atoms with Crippen LogP contribution in [0.4, 0.5) is 41.4 Å². The highest BCUT2D eigenvalue weighted by molar-refractivity contribution is 5.91. The minimum atomic E-state index is -0.378. The van der Waals surface area contributed by atoms with Crippen molar-refractivity contribution in [2.24, 2.45) is 0 Å². The van der Waals surface area contributed by atoms with E-state index in [2.05, 4.69) is 57.2 Å². The molecule has 5 aromatic heterocycles. The number of nitrogens with one attached hydrogen (secondary N) is 7. The Morgan fingerprint density at radius 3 is 1.54 bits per heavy atom. The van der Waals surface area contributed by atoms with Crippen LogP contribution in [-0.4, -0.2) is 78.9 Å². The van der Waals surface area contributed by atoms with E-state index in [1.807, 2.05) is 45.2 Å². The second-order valence-corrected chi connectivity index (χ2v) is 14.5. The fourth-order valence-electron chi connectivity index (χ4n) is 6.99. The molecular formula is C46H42F2N14O3. The highest BCUT2D eigenvalue weighted by atomic mass is 19.1. The van der Waals surface area contributed by atoms with Crippen LogP contribution in [0.3, 0.4) is 0 Å². The van der Waals surface area contributed by atoms with Gasteiger partial charge in [0, 0.05) is 87.7 Å². The molecule has 0 aliphatic carbocycles. The molecule has 0 radical (unpaired) electrons. The van der Waals surface area contributed by atoms with Gasteiger partial charge in [-0.05, 0) is 66.2 Å². The summed E-state index contributed by atoms with van der Waals surface area (Å²) in [6.07, 6.45) is 6.90. The van der Waals surface area contributed by atoms with Crippen LogP contribution >= 0.6 is 0 Å². The topological polar surface area (TPSA) is 209 Å². The van der Waals surface area contributed by atoms with E-state index in [1.54, 1.807) is 75.3 Å². The van der Waals surface area contributed by atoms with Gasteiger partial charge < -0.3 is 37.2 Å². The minimum Gasteiger partial charge on any atom is -0.365 e. The molecular weight excluding hydrogens is 835 g/mol. The Bertz CT molecular complexity index is 3180.